The van der Waals surface area contributed by atoms with Crippen molar-refractivity contribution in [2.24, 2.45) is 0 Å². The van der Waals surface area contributed by atoms with E-state index in [-0.39, 0.29) is 11.8 Å². The number of fused-ring (bicyclic) bond motifs is 1. The quantitative estimate of drug-likeness (QED) is 0.253. The van der Waals surface area contributed by atoms with Crippen molar-refractivity contribution < 1.29 is 8.91 Å². The Kier molecular flexibility index (Phi) is 5.46. The summed E-state index contributed by atoms with van der Waals surface area (Å²) in [6.45, 7) is 3.57. The van der Waals surface area contributed by atoms with Crippen molar-refractivity contribution in [2.75, 3.05) is 26.2 Å². The second-order valence-corrected chi connectivity index (χ2v) is 6.22. The fourth-order valence-corrected chi connectivity index (χ4v) is 3.27. The summed E-state index contributed by atoms with van der Waals surface area (Å²) in [7, 11) is 0. The van der Waals surface area contributed by atoms with Crippen LogP contribution in [0.15, 0.2) is 22.7 Å². The third kappa shape index (κ3) is 4.25. The van der Waals surface area contributed by atoms with E-state index in [9.17, 15) is 4.39 Å². The van der Waals surface area contributed by atoms with Gasteiger partial charge in [-0.05, 0) is 51.0 Å². The number of likely N-dealkylation sites (tertiary alicyclic amines) is 1. The van der Waals surface area contributed by atoms with Crippen LogP contribution in [0.4, 0.5) is 4.39 Å². The Morgan fingerprint density at radius 3 is 3.00 bits per heavy atom. The maximum absolute atomic E-state index is 13.2. The molecule has 2 heterocycles. The summed E-state index contributed by atoms with van der Waals surface area (Å²) < 4.78 is 18.5. The van der Waals surface area contributed by atoms with Crippen LogP contribution in [0.3, 0.4) is 0 Å². The number of hydrogen-bond donors (Lipinski definition) is 3. The average Bonchev–Trinajstić information content (AvgIpc) is 3.02. The summed E-state index contributed by atoms with van der Waals surface area (Å²) in [6, 6.07) is 4.58. The second kappa shape index (κ2) is 7.94. The Balaban J connectivity index is 1.45. The molecule has 1 saturated heterocycles. The van der Waals surface area contributed by atoms with Crippen LogP contribution in [-0.4, -0.2) is 42.2 Å². The Hall–Kier alpha value is -2.66. The van der Waals surface area contributed by atoms with Crippen LogP contribution in [0, 0.1) is 22.7 Å². The van der Waals surface area contributed by atoms with Gasteiger partial charge in [0.15, 0.2) is 11.8 Å². The van der Waals surface area contributed by atoms with Crippen molar-refractivity contribution in [1.82, 2.24) is 20.7 Å². The summed E-state index contributed by atoms with van der Waals surface area (Å²) in [5.41, 5.74) is 1.45. The van der Waals surface area contributed by atoms with Crippen LogP contribution in [0.1, 0.15) is 30.9 Å². The van der Waals surface area contributed by atoms with E-state index in [0.717, 1.165) is 50.0 Å². The second-order valence-electron chi connectivity index (χ2n) is 6.22. The lowest BCUT2D eigenvalue weighted by molar-refractivity contribution is 0.207. The molecule has 3 rings (SSSR count). The maximum atomic E-state index is 13.2. The van der Waals surface area contributed by atoms with Crippen molar-refractivity contribution >= 4 is 16.9 Å². The number of aromatic nitrogens is 1. The highest BCUT2D eigenvalue weighted by Crippen LogP contribution is 2.32. The summed E-state index contributed by atoms with van der Waals surface area (Å²) in [5.74, 6) is 0.0707. The lowest BCUT2D eigenvalue weighted by Crippen LogP contribution is -2.37. The number of nitrogens with one attached hydrogen (secondary N) is 3. The lowest BCUT2D eigenvalue weighted by atomic mass is 9.91. The number of nitriles is 1. The van der Waals surface area contributed by atoms with Gasteiger partial charge in [-0.15, -0.1) is 0 Å². The predicted molar refractivity (Wildman–Crippen MR) is 91.5 cm³/mol. The summed E-state index contributed by atoms with van der Waals surface area (Å²) in [5, 5.41) is 26.0. The molecular formula is C17H21FN6O. The lowest BCUT2D eigenvalue weighted by Gasteiger charge is -2.31. The van der Waals surface area contributed by atoms with E-state index in [1.54, 1.807) is 12.3 Å². The molecule has 132 valence electrons. The Labute approximate surface area is 145 Å². The first kappa shape index (κ1) is 17.2. The fourth-order valence-electron chi connectivity index (χ4n) is 3.27. The van der Waals surface area contributed by atoms with E-state index in [1.165, 1.54) is 12.1 Å². The van der Waals surface area contributed by atoms with Gasteiger partial charge < -0.3 is 14.7 Å². The molecule has 1 aliphatic heterocycles. The van der Waals surface area contributed by atoms with Crippen LogP contribution in [-0.2, 0) is 0 Å². The molecule has 1 aromatic heterocycles. The highest BCUT2D eigenvalue weighted by atomic mass is 19.1. The van der Waals surface area contributed by atoms with Crippen molar-refractivity contribution in [1.29, 1.82) is 10.7 Å². The molecule has 2 aromatic rings. The smallest absolute Gasteiger partial charge is 0.201 e. The highest BCUT2D eigenvalue weighted by molar-refractivity contribution is 5.80. The molecule has 0 radical (unpaired) electrons. The standard InChI is InChI=1S/C17H21FN6O/c18-13-2-3-14-15(10-13)25-23-16(14)12-4-8-24(9-5-12)7-1-6-21-17(20)22-11-19/h2-3,10,12H,1,4-9H2,(H3,20,21,22). The molecule has 0 unspecified atom stereocenters. The largest absolute Gasteiger partial charge is 0.356 e. The van der Waals surface area contributed by atoms with Gasteiger partial charge in [0.2, 0.25) is 5.96 Å². The Morgan fingerprint density at radius 1 is 1.44 bits per heavy atom. The monoisotopic (exact) mass is 344 g/mol. The summed E-state index contributed by atoms with van der Waals surface area (Å²) in [6.07, 6.45) is 4.62. The first-order chi connectivity index (χ1) is 12.2. The van der Waals surface area contributed by atoms with Crippen LogP contribution in [0.25, 0.3) is 11.0 Å². The third-order valence-electron chi connectivity index (χ3n) is 4.57. The number of halogens is 1. The van der Waals surface area contributed by atoms with Crippen LogP contribution in [0.2, 0.25) is 0 Å². The maximum Gasteiger partial charge on any atom is 0.201 e. The molecule has 25 heavy (non-hydrogen) atoms. The Morgan fingerprint density at radius 2 is 2.24 bits per heavy atom. The van der Waals surface area contributed by atoms with Crippen molar-refractivity contribution in [2.45, 2.75) is 25.2 Å². The van der Waals surface area contributed by atoms with Gasteiger partial charge in [0.1, 0.15) is 5.82 Å². The van der Waals surface area contributed by atoms with Gasteiger partial charge >= 0.3 is 0 Å². The molecule has 8 heteroatoms. The number of nitrogens with zero attached hydrogens (tertiary/aromatic N) is 3. The van der Waals surface area contributed by atoms with E-state index in [2.05, 4.69) is 20.7 Å². The molecule has 0 atom stereocenters. The molecular weight excluding hydrogens is 323 g/mol. The minimum atomic E-state index is -0.309. The fraction of sp³-hybridized carbons (Fsp3) is 0.471. The number of guanidine groups is 1. The van der Waals surface area contributed by atoms with Gasteiger partial charge in [-0.25, -0.2) is 4.39 Å². The van der Waals surface area contributed by atoms with Gasteiger partial charge in [0.25, 0.3) is 0 Å². The SMILES string of the molecule is N#CNC(=N)NCCCN1CCC(c2noc3cc(F)ccc23)CC1. The first-order valence-corrected chi connectivity index (χ1v) is 8.42. The molecule has 0 aliphatic carbocycles. The van der Waals surface area contributed by atoms with Gasteiger partial charge in [0, 0.05) is 23.9 Å². The molecule has 0 saturated carbocycles. The van der Waals surface area contributed by atoms with E-state index in [1.807, 2.05) is 0 Å². The van der Waals surface area contributed by atoms with Gasteiger partial charge in [-0.2, -0.15) is 5.26 Å². The molecule has 0 amide bonds. The van der Waals surface area contributed by atoms with E-state index >= 15 is 0 Å². The first-order valence-electron chi connectivity index (χ1n) is 8.42. The van der Waals surface area contributed by atoms with E-state index in [0.29, 0.717) is 18.0 Å². The molecule has 7 nitrogen and oxygen atoms in total. The van der Waals surface area contributed by atoms with E-state index in [4.69, 9.17) is 15.2 Å². The topological polar surface area (TPSA) is 101 Å². The van der Waals surface area contributed by atoms with E-state index < -0.39 is 0 Å². The van der Waals surface area contributed by atoms with Gasteiger partial charge in [-0.1, -0.05) is 5.16 Å². The zero-order valence-electron chi connectivity index (χ0n) is 13.9. The summed E-state index contributed by atoms with van der Waals surface area (Å²) in [4.78, 5) is 2.39. The molecule has 0 bridgehead atoms. The summed E-state index contributed by atoms with van der Waals surface area (Å²) >= 11 is 0. The zero-order chi connectivity index (χ0) is 17.6. The van der Waals surface area contributed by atoms with Crippen molar-refractivity contribution in [3.05, 3.63) is 29.7 Å². The molecule has 1 aliphatic rings. The normalized spacial score (nSPS) is 15.8. The minimum absolute atomic E-state index is 0.0376. The van der Waals surface area contributed by atoms with Crippen molar-refractivity contribution in [3.63, 3.8) is 0 Å². The minimum Gasteiger partial charge on any atom is -0.356 e. The number of hydrogen-bond acceptors (Lipinski definition) is 5. The molecule has 1 aromatic carbocycles. The van der Waals surface area contributed by atoms with Gasteiger partial charge in [0.05, 0.1) is 5.69 Å². The van der Waals surface area contributed by atoms with Crippen LogP contribution >= 0.6 is 0 Å². The zero-order valence-corrected chi connectivity index (χ0v) is 13.9. The van der Waals surface area contributed by atoms with Crippen molar-refractivity contribution in [3.8, 4) is 6.19 Å². The molecule has 1 fully saturated rings. The predicted octanol–water partition coefficient (Wildman–Crippen LogP) is 2.13. The Bertz CT molecular complexity index is 775. The van der Waals surface area contributed by atoms with Crippen LogP contribution < -0.4 is 10.6 Å². The average molecular weight is 344 g/mol. The molecule has 3 N–H and O–H groups in total. The molecule has 0 spiro atoms. The van der Waals surface area contributed by atoms with Crippen LogP contribution in [0.5, 0.6) is 0 Å². The number of rotatable bonds is 5. The third-order valence-corrected chi connectivity index (χ3v) is 4.57. The number of piperidine rings is 1. The highest BCUT2D eigenvalue weighted by Gasteiger charge is 2.24. The number of benzene rings is 1. The van der Waals surface area contributed by atoms with Gasteiger partial charge in [-0.3, -0.25) is 10.7 Å².